The van der Waals surface area contributed by atoms with Crippen molar-refractivity contribution in [1.82, 2.24) is 4.72 Å². The highest BCUT2D eigenvalue weighted by Crippen LogP contribution is 2.22. The third kappa shape index (κ3) is 11.7. The molecule has 0 aliphatic rings. The number of aliphatic hydroxyl groups excluding tert-OH is 1. The molecule has 0 fully saturated rings. The molecule has 32 heavy (non-hydrogen) atoms. The second-order valence-electron chi connectivity index (χ2n) is 8.36. The number of amides is 2. The molecule has 1 aromatic rings. The molecule has 1 rings (SSSR count). The van der Waals surface area contributed by atoms with Crippen LogP contribution in [0.4, 0.5) is 16.2 Å². The first-order valence-corrected chi connectivity index (χ1v) is 13.8. The van der Waals surface area contributed by atoms with E-state index in [1.54, 1.807) is 6.07 Å². The molecule has 0 atom stereocenters. The van der Waals surface area contributed by atoms with Crippen LogP contribution >= 0.6 is 0 Å². The van der Waals surface area contributed by atoms with Crippen LogP contribution in [0.5, 0.6) is 0 Å². The van der Waals surface area contributed by atoms with Crippen molar-refractivity contribution in [2.24, 2.45) is 0 Å². The zero-order chi connectivity index (χ0) is 23.8. The Balaban J connectivity index is 2.35. The lowest BCUT2D eigenvalue weighted by Crippen LogP contribution is -2.36. The van der Waals surface area contributed by atoms with Gasteiger partial charge in [0.1, 0.15) is 0 Å². The maximum absolute atomic E-state index is 12.2. The van der Waals surface area contributed by atoms with Crippen LogP contribution in [0.2, 0.25) is 0 Å². The molecule has 0 aliphatic carbocycles. The zero-order valence-corrected chi connectivity index (χ0v) is 21.0. The van der Waals surface area contributed by atoms with Crippen LogP contribution in [-0.2, 0) is 10.0 Å². The lowest BCUT2D eigenvalue weighted by molar-refractivity contribution is 0.256. The highest BCUT2D eigenvalue weighted by atomic mass is 32.2. The summed E-state index contributed by atoms with van der Waals surface area (Å²) in [6.45, 7) is 7.41. The summed E-state index contributed by atoms with van der Waals surface area (Å²) in [6.07, 6.45) is 11.2. The number of aryl methyl sites for hydroxylation is 1. The van der Waals surface area contributed by atoms with Crippen LogP contribution in [0.3, 0.4) is 0 Å². The average molecular weight is 470 g/mol. The van der Waals surface area contributed by atoms with E-state index in [1.807, 2.05) is 30.9 Å². The second-order valence-corrected chi connectivity index (χ2v) is 10.2. The molecule has 7 nitrogen and oxygen atoms in total. The number of aliphatic hydroxyl groups is 1. The maximum atomic E-state index is 12.2. The van der Waals surface area contributed by atoms with Crippen LogP contribution in [0, 0.1) is 6.92 Å². The van der Waals surface area contributed by atoms with Crippen molar-refractivity contribution in [2.45, 2.75) is 85.0 Å². The van der Waals surface area contributed by atoms with Gasteiger partial charge in [0.25, 0.3) is 0 Å². The molecule has 0 aromatic heterocycles. The first-order chi connectivity index (χ1) is 15.3. The van der Waals surface area contributed by atoms with Crippen molar-refractivity contribution in [3.05, 3.63) is 23.8 Å². The standard InChI is InChI=1S/C24H43N3O4S/c1-4-6-7-8-9-10-11-12-13-14-19-32(30,31)26-24(29)25-23-16-15-22(20-21(23)3)27(5-2)17-18-28/h15-16,20,28H,4-14,17-19H2,1-3H3,(H2,25,26,29). The maximum Gasteiger partial charge on any atom is 0.332 e. The Hall–Kier alpha value is -1.80. The molecule has 2 amide bonds. The monoisotopic (exact) mass is 469 g/mol. The highest BCUT2D eigenvalue weighted by molar-refractivity contribution is 7.90. The summed E-state index contributed by atoms with van der Waals surface area (Å²) >= 11 is 0. The molecule has 0 radical (unpaired) electrons. The molecule has 0 saturated heterocycles. The number of hydrogen-bond acceptors (Lipinski definition) is 5. The van der Waals surface area contributed by atoms with Gasteiger partial charge in [0.05, 0.1) is 12.4 Å². The summed E-state index contributed by atoms with van der Waals surface area (Å²) in [5, 5.41) is 11.8. The number of nitrogens with one attached hydrogen (secondary N) is 2. The summed E-state index contributed by atoms with van der Waals surface area (Å²) in [7, 11) is -3.65. The van der Waals surface area contributed by atoms with Crippen LogP contribution in [-0.4, -0.2) is 45.0 Å². The molecule has 1 aromatic carbocycles. The van der Waals surface area contributed by atoms with Crippen molar-refractivity contribution < 1.29 is 18.3 Å². The number of likely N-dealkylation sites (N-methyl/N-ethyl adjacent to an activating group) is 1. The van der Waals surface area contributed by atoms with Gasteiger partial charge in [-0.25, -0.2) is 17.9 Å². The Morgan fingerprint density at radius 1 is 0.969 bits per heavy atom. The van der Waals surface area contributed by atoms with Gasteiger partial charge < -0.3 is 15.3 Å². The number of sulfonamides is 1. The van der Waals surface area contributed by atoms with Crippen molar-refractivity contribution in [2.75, 3.05) is 35.7 Å². The minimum atomic E-state index is -3.65. The van der Waals surface area contributed by atoms with E-state index in [1.165, 1.54) is 38.5 Å². The molecule has 8 heteroatoms. The number of hydrogen-bond donors (Lipinski definition) is 3. The SMILES string of the molecule is CCCCCCCCCCCCS(=O)(=O)NC(=O)Nc1ccc(N(CC)CCO)cc1C. The van der Waals surface area contributed by atoms with Crippen molar-refractivity contribution in [3.8, 4) is 0 Å². The normalized spacial score (nSPS) is 11.4. The van der Waals surface area contributed by atoms with Crippen molar-refractivity contribution in [3.63, 3.8) is 0 Å². The van der Waals surface area contributed by atoms with Crippen LogP contribution < -0.4 is 14.9 Å². The summed E-state index contributed by atoms with van der Waals surface area (Å²) in [6, 6.07) is 4.77. The van der Waals surface area contributed by atoms with Crippen molar-refractivity contribution >= 4 is 27.4 Å². The Kier molecular flexibility index (Phi) is 14.0. The third-order valence-electron chi connectivity index (χ3n) is 5.59. The molecular weight excluding hydrogens is 426 g/mol. The van der Waals surface area contributed by atoms with Gasteiger partial charge in [-0.2, -0.15) is 0 Å². The van der Waals surface area contributed by atoms with Gasteiger partial charge in [0, 0.05) is 24.5 Å². The molecule has 0 heterocycles. The van der Waals surface area contributed by atoms with Gasteiger partial charge in [-0.3, -0.25) is 0 Å². The minimum absolute atomic E-state index is 0.0402. The fourth-order valence-corrected chi connectivity index (χ4v) is 4.71. The first-order valence-electron chi connectivity index (χ1n) is 12.1. The lowest BCUT2D eigenvalue weighted by Gasteiger charge is -2.23. The number of unbranched alkanes of at least 4 members (excludes halogenated alkanes) is 9. The smallest absolute Gasteiger partial charge is 0.332 e. The summed E-state index contributed by atoms with van der Waals surface area (Å²) in [5.41, 5.74) is 2.32. The highest BCUT2D eigenvalue weighted by Gasteiger charge is 2.15. The quantitative estimate of drug-likeness (QED) is 0.273. The average Bonchev–Trinajstić information content (AvgIpc) is 2.74. The molecule has 3 N–H and O–H groups in total. The molecule has 0 unspecified atom stereocenters. The van der Waals surface area contributed by atoms with E-state index in [0.717, 1.165) is 37.1 Å². The predicted molar refractivity (Wildman–Crippen MR) is 134 cm³/mol. The number of benzene rings is 1. The van der Waals surface area contributed by atoms with E-state index >= 15 is 0 Å². The second kappa shape index (κ2) is 15.9. The van der Waals surface area contributed by atoms with E-state index in [0.29, 0.717) is 18.7 Å². The Labute approximate surface area is 195 Å². The zero-order valence-electron chi connectivity index (χ0n) is 20.2. The molecule has 0 aliphatic heterocycles. The van der Waals surface area contributed by atoms with E-state index in [4.69, 9.17) is 5.11 Å². The fourth-order valence-electron chi connectivity index (χ4n) is 3.69. The molecule has 0 spiro atoms. The molecule has 184 valence electrons. The number of carbonyl (C=O) groups is 1. The topological polar surface area (TPSA) is 98.7 Å². The van der Waals surface area contributed by atoms with E-state index in [-0.39, 0.29) is 12.4 Å². The third-order valence-corrected chi connectivity index (χ3v) is 6.91. The van der Waals surface area contributed by atoms with E-state index in [2.05, 4.69) is 17.0 Å². The number of urea groups is 1. The lowest BCUT2D eigenvalue weighted by atomic mass is 10.1. The fraction of sp³-hybridized carbons (Fsp3) is 0.708. The van der Waals surface area contributed by atoms with Gasteiger partial charge in [-0.15, -0.1) is 0 Å². The first kappa shape index (κ1) is 28.2. The van der Waals surface area contributed by atoms with Gasteiger partial charge in [-0.1, -0.05) is 64.7 Å². The summed E-state index contributed by atoms with van der Waals surface area (Å²) in [5.74, 6) is -0.0402. The molecular formula is C24H43N3O4S. The Morgan fingerprint density at radius 3 is 2.09 bits per heavy atom. The van der Waals surface area contributed by atoms with Crippen LogP contribution in [0.1, 0.15) is 83.6 Å². The predicted octanol–water partition coefficient (Wildman–Crippen LogP) is 5.19. The number of nitrogens with zero attached hydrogens (tertiary/aromatic N) is 1. The summed E-state index contributed by atoms with van der Waals surface area (Å²) in [4.78, 5) is 14.2. The number of rotatable bonds is 17. The van der Waals surface area contributed by atoms with Crippen LogP contribution in [0.15, 0.2) is 18.2 Å². The minimum Gasteiger partial charge on any atom is -0.395 e. The van der Waals surface area contributed by atoms with Gasteiger partial charge in [-0.05, 0) is 44.0 Å². The van der Waals surface area contributed by atoms with Crippen molar-refractivity contribution in [1.29, 1.82) is 0 Å². The van der Waals surface area contributed by atoms with E-state index < -0.39 is 16.1 Å². The van der Waals surface area contributed by atoms with Gasteiger partial charge >= 0.3 is 6.03 Å². The molecule has 0 bridgehead atoms. The Bertz CT molecular complexity index is 769. The van der Waals surface area contributed by atoms with E-state index in [9.17, 15) is 13.2 Å². The largest absolute Gasteiger partial charge is 0.395 e. The number of anilines is 2. The van der Waals surface area contributed by atoms with Crippen LogP contribution in [0.25, 0.3) is 0 Å². The molecule has 0 saturated carbocycles. The van der Waals surface area contributed by atoms with Gasteiger partial charge in [0.15, 0.2) is 0 Å². The van der Waals surface area contributed by atoms with Gasteiger partial charge in [0.2, 0.25) is 10.0 Å². The summed E-state index contributed by atoms with van der Waals surface area (Å²) < 4.78 is 26.5. The Morgan fingerprint density at radius 2 is 1.56 bits per heavy atom. The number of carbonyl (C=O) groups excluding carboxylic acids is 1.